The number of amides is 1. The highest BCUT2D eigenvalue weighted by Gasteiger charge is 2.38. The highest BCUT2D eigenvalue weighted by Crippen LogP contribution is 2.37. The molecule has 1 aliphatic rings. The van der Waals surface area contributed by atoms with Crippen LogP contribution in [0.2, 0.25) is 0 Å². The molecule has 1 aromatic heterocycles. The van der Waals surface area contributed by atoms with Gasteiger partial charge < -0.3 is 9.84 Å². The highest BCUT2D eigenvalue weighted by atomic mass is 19.1. The van der Waals surface area contributed by atoms with E-state index >= 15 is 0 Å². The van der Waals surface area contributed by atoms with Gasteiger partial charge in [0.05, 0.1) is 25.9 Å². The van der Waals surface area contributed by atoms with E-state index in [9.17, 15) is 13.6 Å². The Balaban J connectivity index is 2.40. The number of ether oxygens (including phenoxy) is 1. The summed E-state index contributed by atoms with van der Waals surface area (Å²) in [6.07, 6.45) is -1.56. The van der Waals surface area contributed by atoms with Crippen molar-refractivity contribution in [1.29, 1.82) is 0 Å². The fourth-order valence-electron chi connectivity index (χ4n) is 2.14. The lowest BCUT2D eigenvalue weighted by molar-refractivity contribution is 0.137. The zero-order valence-corrected chi connectivity index (χ0v) is 9.64. The molecule has 0 aliphatic carbocycles. The molecular formula is C11H12F2N2O3. The predicted octanol–water partition coefficient (Wildman–Crippen LogP) is 1.99. The average molecular weight is 258 g/mol. The number of pyridine rings is 1. The van der Waals surface area contributed by atoms with Crippen LogP contribution in [0.25, 0.3) is 0 Å². The van der Waals surface area contributed by atoms with Crippen LogP contribution in [0.5, 0.6) is 5.88 Å². The first kappa shape index (κ1) is 12.5. The van der Waals surface area contributed by atoms with Crippen molar-refractivity contribution in [1.82, 2.24) is 9.88 Å². The molecule has 1 saturated heterocycles. The molecule has 0 saturated carbocycles. The maximum atomic E-state index is 13.3. The van der Waals surface area contributed by atoms with Gasteiger partial charge >= 0.3 is 6.09 Å². The molecule has 7 heteroatoms. The summed E-state index contributed by atoms with van der Waals surface area (Å²) >= 11 is 0. The Morgan fingerprint density at radius 1 is 1.67 bits per heavy atom. The summed E-state index contributed by atoms with van der Waals surface area (Å²) in [5.41, 5.74) is 0.250. The van der Waals surface area contributed by atoms with E-state index in [-0.39, 0.29) is 24.4 Å². The van der Waals surface area contributed by atoms with E-state index in [1.165, 1.54) is 7.11 Å². The third-order valence-corrected chi connectivity index (χ3v) is 2.89. The number of nitrogens with zero attached hydrogens (tertiary/aromatic N) is 2. The lowest BCUT2D eigenvalue weighted by Crippen LogP contribution is -2.30. The van der Waals surface area contributed by atoms with Crippen molar-refractivity contribution in [3.63, 3.8) is 0 Å². The van der Waals surface area contributed by atoms with E-state index in [0.717, 1.165) is 17.2 Å². The van der Waals surface area contributed by atoms with Crippen molar-refractivity contribution in [3.8, 4) is 5.88 Å². The summed E-state index contributed by atoms with van der Waals surface area (Å²) in [4.78, 5) is 15.7. The van der Waals surface area contributed by atoms with Crippen LogP contribution in [0.15, 0.2) is 12.3 Å². The molecule has 0 spiro atoms. The minimum absolute atomic E-state index is 0.0200. The van der Waals surface area contributed by atoms with Gasteiger partial charge in [0.2, 0.25) is 5.88 Å². The monoisotopic (exact) mass is 258 g/mol. The summed E-state index contributed by atoms with van der Waals surface area (Å²) in [6.45, 7) is -0.223. The van der Waals surface area contributed by atoms with Crippen molar-refractivity contribution < 1.29 is 23.4 Å². The normalized spacial score (nSPS) is 23.2. The van der Waals surface area contributed by atoms with E-state index in [4.69, 9.17) is 9.84 Å². The molecule has 2 atom stereocenters. The maximum absolute atomic E-state index is 13.3. The number of halogens is 2. The van der Waals surface area contributed by atoms with Crippen LogP contribution >= 0.6 is 0 Å². The Hall–Kier alpha value is -1.92. The van der Waals surface area contributed by atoms with Gasteiger partial charge in [-0.3, -0.25) is 4.90 Å². The molecule has 0 aromatic carbocycles. The van der Waals surface area contributed by atoms with Crippen molar-refractivity contribution in [2.45, 2.75) is 18.6 Å². The zero-order valence-electron chi connectivity index (χ0n) is 9.64. The summed E-state index contributed by atoms with van der Waals surface area (Å²) < 4.78 is 31.5. The SMILES string of the molecule is COc1ncc(F)cc1[C@H]1C[C@H](F)CN1C(=O)O. The van der Waals surface area contributed by atoms with Gasteiger partial charge in [0.25, 0.3) is 0 Å². The molecule has 18 heavy (non-hydrogen) atoms. The van der Waals surface area contributed by atoms with Crippen molar-refractivity contribution in [2.75, 3.05) is 13.7 Å². The smallest absolute Gasteiger partial charge is 0.407 e. The minimum atomic E-state index is -1.26. The van der Waals surface area contributed by atoms with E-state index in [0.29, 0.717) is 0 Å². The molecular weight excluding hydrogens is 246 g/mol. The average Bonchev–Trinajstić information content (AvgIpc) is 2.71. The minimum Gasteiger partial charge on any atom is -0.481 e. The Bertz CT molecular complexity index is 470. The second kappa shape index (κ2) is 4.75. The molecule has 1 aromatic rings. The van der Waals surface area contributed by atoms with Crippen molar-refractivity contribution >= 4 is 6.09 Å². The molecule has 0 radical (unpaired) electrons. The fourth-order valence-corrected chi connectivity index (χ4v) is 2.14. The van der Waals surface area contributed by atoms with Crippen LogP contribution in [-0.2, 0) is 0 Å². The number of carbonyl (C=O) groups is 1. The quantitative estimate of drug-likeness (QED) is 0.881. The van der Waals surface area contributed by atoms with E-state index in [1.54, 1.807) is 0 Å². The lowest BCUT2D eigenvalue weighted by atomic mass is 10.1. The molecule has 5 nitrogen and oxygen atoms in total. The fraction of sp³-hybridized carbons (Fsp3) is 0.455. The van der Waals surface area contributed by atoms with Gasteiger partial charge in [-0.2, -0.15) is 0 Å². The number of rotatable bonds is 2. The second-order valence-electron chi connectivity index (χ2n) is 4.04. The van der Waals surface area contributed by atoms with Gasteiger partial charge in [-0.15, -0.1) is 0 Å². The van der Waals surface area contributed by atoms with Crippen LogP contribution in [0, 0.1) is 5.82 Å². The third kappa shape index (κ3) is 2.20. The largest absolute Gasteiger partial charge is 0.481 e. The van der Waals surface area contributed by atoms with Gasteiger partial charge in [0.15, 0.2) is 0 Å². The van der Waals surface area contributed by atoms with E-state index in [1.807, 2.05) is 0 Å². The molecule has 0 bridgehead atoms. The number of aromatic nitrogens is 1. The molecule has 0 unspecified atom stereocenters. The second-order valence-corrected chi connectivity index (χ2v) is 4.04. The van der Waals surface area contributed by atoms with Crippen LogP contribution in [-0.4, -0.2) is 40.9 Å². The van der Waals surface area contributed by atoms with Crippen LogP contribution in [0.4, 0.5) is 13.6 Å². The molecule has 2 rings (SSSR count). The molecule has 2 heterocycles. The van der Waals surface area contributed by atoms with Gasteiger partial charge in [-0.1, -0.05) is 0 Å². The molecule has 1 aliphatic heterocycles. The highest BCUT2D eigenvalue weighted by molar-refractivity contribution is 5.66. The first-order valence-electron chi connectivity index (χ1n) is 5.36. The van der Waals surface area contributed by atoms with Gasteiger partial charge in [-0.25, -0.2) is 18.6 Å². The molecule has 1 amide bonds. The van der Waals surface area contributed by atoms with Crippen molar-refractivity contribution in [3.05, 3.63) is 23.6 Å². The van der Waals surface area contributed by atoms with Crippen molar-refractivity contribution in [2.24, 2.45) is 0 Å². The summed E-state index contributed by atoms with van der Waals surface area (Å²) in [5.74, 6) is -0.500. The Labute approximate surface area is 102 Å². The zero-order chi connectivity index (χ0) is 13.3. The number of hydrogen-bond donors (Lipinski definition) is 1. The van der Waals surface area contributed by atoms with Crippen LogP contribution < -0.4 is 4.74 Å². The first-order chi connectivity index (χ1) is 8.52. The molecule has 98 valence electrons. The van der Waals surface area contributed by atoms with Gasteiger partial charge in [0, 0.05) is 12.0 Å². The summed E-state index contributed by atoms with van der Waals surface area (Å²) in [7, 11) is 1.34. The summed E-state index contributed by atoms with van der Waals surface area (Å²) in [6, 6.07) is 0.362. The first-order valence-corrected chi connectivity index (χ1v) is 5.36. The van der Waals surface area contributed by atoms with Crippen LogP contribution in [0.3, 0.4) is 0 Å². The number of likely N-dealkylation sites (tertiary alicyclic amines) is 1. The van der Waals surface area contributed by atoms with Gasteiger partial charge in [-0.05, 0) is 6.07 Å². The molecule has 1 fully saturated rings. The standard InChI is InChI=1S/C11H12F2N2O3/c1-18-10-8(2-6(12)4-14-10)9-3-7(13)5-15(9)11(16)17/h2,4,7,9H,3,5H2,1H3,(H,16,17)/t7-,9+/m0/s1. The van der Waals surface area contributed by atoms with E-state index in [2.05, 4.69) is 4.98 Å². The van der Waals surface area contributed by atoms with E-state index < -0.39 is 24.1 Å². The lowest BCUT2D eigenvalue weighted by Gasteiger charge is -2.22. The predicted molar refractivity (Wildman–Crippen MR) is 57.7 cm³/mol. The third-order valence-electron chi connectivity index (χ3n) is 2.89. The Kier molecular flexibility index (Phi) is 3.31. The maximum Gasteiger partial charge on any atom is 0.407 e. The number of methoxy groups -OCH3 is 1. The topological polar surface area (TPSA) is 62.7 Å². The van der Waals surface area contributed by atoms with Gasteiger partial charge in [0.1, 0.15) is 12.0 Å². The summed E-state index contributed by atoms with van der Waals surface area (Å²) in [5, 5.41) is 9.00. The molecule has 1 N–H and O–H groups in total. The number of alkyl halides is 1. The number of hydrogen-bond acceptors (Lipinski definition) is 3. The Morgan fingerprint density at radius 2 is 2.39 bits per heavy atom. The number of carboxylic acid groups (broad SMARTS) is 1. The Morgan fingerprint density at radius 3 is 3.00 bits per heavy atom. The van der Waals surface area contributed by atoms with Crippen LogP contribution in [0.1, 0.15) is 18.0 Å².